The molecule has 0 radical (unpaired) electrons. The van der Waals surface area contributed by atoms with Crippen LogP contribution in [0, 0.1) is 12.7 Å². The average molecular weight is 449 g/mol. The quantitative estimate of drug-likeness (QED) is 0.465. The van der Waals surface area contributed by atoms with Gasteiger partial charge in [-0.2, -0.15) is 5.10 Å². The largest absolute Gasteiger partial charge is 0.479 e. The number of carboxylic acids is 1. The SMILES string of the molecule is C=S(C)(=O)NC(=O)c1cn2ncnc(Nc3ccc(F)cc3OC(C)C(=O)O)c2c1C. The summed E-state index contributed by atoms with van der Waals surface area (Å²) in [5.41, 5.74) is 1.40. The molecule has 0 aliphatic heterocycles. The van der Waals surface area contributed by atoms with Crippen LogP contribution in [0.25, 0.3) is 5.52 Å². The van der Waals surface area contributed by atoms with Crippen LogP contribution in [0.5, 0.6) is 5.75 Å². The summed E-state index contributed by atoms with van der Waals surface area (Å²) in [6.07, 6.45) is 2.78. The summed E-state index contributed by atoms with van der Waals surface area (Å²) in [5.74, 6) is 1.23. The van der Waals surface area contributed by atoms with Crippen LogP contribution < -0.4 is 14.8 Å². The van der Waals surface area contributed by atoms with Crippen LogP contribution >= 0.6 is 0 Å². The molecule has 0 spiro atoms. The van der Waals surface area contributed by atoms with E-state index in [0.29, 0.717) is 11.1 Å². The number of rotatable bonds is 7. The third-order valence-electron chi connectivity index (χ3n) is 4.23. The maximum atomic E-state index is 13.7. The molecule has 3 N–H and O–H groups in total. The standard InChI is InChI=1S/C19H20FN5O5S/c1-10-13(18(26)24-31(3,4)29)8-25-16(10)17(21-9-22-25)23-14-6-5-12(20)7-15(14)30-11(2)19(27)28/h5-9,11H,3H2,1-2,4H3,(H,27,28)(H,21,22,23)(H,24,26,29). The third kappa shape index (κ3) is 4.91. The highest BCUT2D eigenvalue weighted by Gasteiger charge is 2.21. The van der Waals surface area contributed by atoms with Gasteiger partial charge < -0.3 is 15.2 Å². The van der Waals surface area contributed by atoms with Crippen molar-refractivity contribution in [3.05, 3.63) is 47.7 Å². The fraction of sp³-hybridized carbons (Fsp3) is 0.211. The Hall–Kier alpha value is -3.67. The van der Waals surface area contributed by atoms with E-state index in [0.717, 1.165) is 6.07 Å². The number of anilines is 2. The lowest BCUT2D eigenvalue weighted by molar-refractivity contribution is -0.144. The molecule has 31 heavy (non-hydrogen) atoms. The molecule has 1 aromatic carbocycles. The molecule has 10 nitrogen and oxygen atoms in total. The molecule has 2 unspecified atom stereocenters. The maximum absolute atomic E-state index is 13.7. The topological polar surface area (TPSA) is 135 Å². The van der Waals surface area contributed by atoms with Crippen molar-refractivity contribution in [3.8, 4) is 5.75 Å². The molecular formula is C19H20FN5O5S. The molecule has 0 aliphatic carbocycles. The second kappa shape index (κ2) is 8.22. The number of carbonyl (C=O) groups excluding carboxylic acids is 1. The second-order valence-corrected chi connectivity index (χ2v) is 9.08. The van der Waals surface area contributed by atoms with E-state index in [4.69, 9.17) is 9.84 Å². The summed E-state index contributed by atoms with van der Waals surface area (Å²) in [6.45, 7) is 2.98. The number of hydrogen-bond donors (Lipinski definition) is 3. The molecular weight excluding hydrogens is 429 g/mol. The van der Waals surface area contributed by atoms with Gasteiger partial charge in [0.1, 0.15) is 23.4 Å². The Kier molecular flexibility index (Phi) is 5.84. The summed E-state index contributed by atoms with van der Waals surface area (Å²) in [7, 11) is -2.77. The van der Waals surface area contributed by atoms with Crippen LogP contribution in [-0.2, 0) is 14.5 Å². The third-order valence-corrected chi connectivity index (χ3v) is 4.85. The molecule has 2 atom stereocenters. The number of ether oxygens (including phenoxy) is 1. The number of carboxylic acid groups (broad SMARTS) is 1. The van der Waals surface area contributed by atoms with E-state index in [1.807, 2.05) is 0 Å². The number of nitrogens with zero attached hydrogens (tertiary/aromatic N) is 3. The van der Waals surface area contributed by atoms with Crippen molar-refractivity contribution in [1.82, 2.24) is 19.3 Å². The van der Waals surface area contributed by atoms with E-state index in [9.17, 15) is 18.2 Å². The minimum absolute atomic E-state index is 0.0309. The molecule has 3 aromatic rings. The summed E-state index contributed by atoms with van der Waals surface area (Å²) < 4.78 is 34.6. The molecule has 1 amide bonds. The zero-order valence-corrected chi connectivity index (χ0v) is 17.7. The fourth-order valence-electron chi connectivity index (χ4n) is 2.80. The Morgan fingerprint density at radius 3 is 2.74 bits per heavy atom. The number of amides is 1. The van der Waals surface area contributed by atoms with Crippen molar-refractivity contribution >= 4 is 44.5 Å². The molecule has 2 heterocycles. The molecule has 0 fully saturated rings. The molecule has 0 saturated carbocycles. The van der Waals surface area contributed by atoms with Crippen molar-refractivity contribution in [3.63, 3.8) is 0 Å². The molecule has 164 valence electrons. The molecule has 0 saturated heterocycles. The highest BCUT2D eigenvalue weighted by molar-refractivity contribution is 7.98. The number of benzene rings is 1. The first-order valence-electron chi connectivity index (χ1n) is 8.89. The lowest BCUT2D eigenvalue weighted by atomic mass is 10.2. The zero-order chi connectivity index (χ0) is 22.9. The Morgan fingerprint density at radius 2 is 2.10 bits per heavy atom. The van der Waals surface area contributed by atoms with Crippen LogP contribution in [0.3, 0.4) is 0 Å². The lowest BCUT2D eigenvalue weighted by Gasteiger charge is -2.16. The van der Waals surface area contributed by atoms with E-state index in [2.05, 4.69) is 26.0 Å². The van der Waals surface area contributed by atoms with Gasteiger partial charge in [0.25, 0.3) is 5.91 Å². The van der Waals surface area contributed by atoms with Gasteiger partial charge in [-0.1, -0.05) is 0 Å². The molecule has 3 rings (SSSR count). The van der Waals surface area contributed by atoms with Crippen LogP contribution in [0.1, 0.15) is 22.8 Å². The minimum Gasteiger partial charge on any atom is -0.479 e. The Morgan fingerprint density at radius 1 is 1.39 bits per heavy atom. The summed E-state index contributed by atoms with van der Waals surface area (Å²) in [6, 6.07) is 3.60. The van der Waals surface area contributed by atoms with E-state index >= 15 is 0 Å². The van der Waals surface area contributed by atoms with Crippen LogP contribution in [0.15, 0.2) is 30.7 Å². The highest BCUT2D eigenvalue weighted by Crippen LogP contribution is 2.32. The molecule has 0 bridgehead atoms. The Bertz CT molecular complexity index is 1290. The van der Waals surface area contributed by atoms with Gasteiger partial charge in [0.2, 0.25) is 0 Å². The predicted molar refractivity (Wildman–Crippen MR) is 114 cm³/mol. The van der Waals surface area contributed by atoms with Gasteiger partial charge in [-0.25, -0.2) is 22.9 Å². The van der Waals surface area contributed by atoms with Gasteiger partial charge in [0.05, 0.1) is 11.3 Å². The highest BCUT2D eigenvalue weighted by atomic mass is 32.2. The summed E-state index contributed by atoms with van der Waals surface area (Å²) >= 11 is 0. The number of aliphatic carboxylic acids is 1. The maximum Gasteiger partial charge on any atom is 0.344 e. The first-order chi connectivity index (χ1) is 14.5. The van der Waals surface area contributed by atoms with E-state index in [1.165, 1.54) is 42.4 Å². The smallest absolute Gasteiger partial charge is 0.344 e. The molecule has 12 heteroatoms. The number of hydrogen-bond acceptors (Lipinski definition) is 7. The first kappa shape index (κ1) is 22.0. The van der Waals surface area contributed by atoms with Crippen molar-refractivity contribution in [2.24, 2.45) is 0 Å². The Labute approximate surface area is 177 Å². The van der Waals surface area contributed by atoms with E-state index in [-0.39, 0.29) is 22.8 Å². The van der Waals surface area contributed by atoms with Gasteiger partial charge >= 0.3 is 5.97 Å². The van der Waals surface area contributed by atoms with Gasteiger partial charge in [0.15, 0.2) is 11.9 Å². The molecule has 0 aliphatic rings. The van der Waals surface area contributed by atoms with Gasteiger partial charge in [-0.15, -0.1) is 0 Å². The number of aryl methyl sites for hydroxylation is 1. The Balaban J connectivity index is 2.03. The number of nitrogens with one attached hydrogen (secondary N) is 2. The second-order valence-electron chi connectivity index (χ2n) is 6.87. The van der Waals surface area contributed by atoms with Crippen LogP contribution in [-0.4, -0.2) is 54.0 Å². The van der Waals surface area contributed by atoms with Gasteiger partial charge in [-0.05, 0) is 37.4 Å². The van der Waals surface area contributed by atoms with Crippen LogP contribution in [0.2, 0.25) is 0 Å². The first-order valence-corrected chi connectivity index (χ1v) is 11.0. The van der Waals surface area contributed by atoms with E-state index < -0.39 is 33.5 Å². The fourth-order valence-corrected chi connectivity index (χ4v) is 3.30. The number of halogens is 1. The van der Waals surface area contributed by atoms with Gasteiger partial charge in [0, 0.05) is 28.2 Å². The minimum atomic E-state index is -2.77. The summed E-state index contributed by atoms with van der Waals surface area (Å²) in [5, 5.41) is 16.1. The predicted octanol–water partition coefficient (Wildman–Crippen LogP) is 1.76. The lowest BCUT2D eigenvalue weighted by Crippen LogP contribution is -2.29. The normalized spacial score (nSPS) is 13.9. The van der Waals surface area contributed by atoms with Crippen molar-refractivity contribution < 1.29 is 28.0 Å². The van der Waals surface area contributed by atoms with Gasteiger partial charge in [-0.3, -0.25) is 9.52 Å². The van der Waals surface area contributed by atoms with E-state index in [1.54, 1.807) is 6.92 Å². The van der Waals surface area contributed by atoms with Crippen molar-refractivity contribution in [2.45, 2.75) is 20.0 Å². The monoisotopic (exact) mass is 449 g/mol. The number of fused-ring (bicyclic) bond motifs is 1. The number of carbonyl (C=O) groups is 2. The summed E-state index contributed by atoms with van der Waals surface area (Å²) in [4.78, 5) is 27.8. The average Bonchev–Trinajstić information content (AvgIpc) is 3.00. The number of aromatic nitrogens is 3. The molecule has 2 aromatic heterocycles. The zero-order valence-electron chi connectivity index (χ0n) is 16.9. The van der Waals surface area contributed by atoms with Crippen molar-refractivity contribution in [2.75, 3.05) is 11.6 Å². The van der Waals surface area contributed by atoms with Crippen molar-refractivity contribution in [1.29, 1.82) is 0 Å². The van der Waals surface area contributed by atoms with Crippen LogP contribution in [0.4, 0.5) is 15.9 Å².